The number of carbonyl (C=O) groups is 1. The molecule has 3 aromatic rings. The van der Waals surface area contributed by atoms with Crippen LogP contribution < -0.4 is 5.32 Å². The fraction of sp³-hybridized carbons (Fsp3) is 0.0952. The first-order valence-electron chi connectivity index (χ1n) is 8.29. The number of nitrogens with zero attached hydrogens (tertiary/aromatic N) is 1. The highest BCUT2D eigenvalue weighted by Crippen LogP contribution is 2.37. The number of para-hydroxylation sites is 1. The number of anilines is 1. The summed E-state index contributed by atoms with van der Waals surface area (Å²) < 4.78 is 0. The average Bonchev–Trinajstić information content (AvgIpc) is 2.91. The smallest absolute Gasteiger partial charge is 0.256 e. The summed E-state index contributed by atoms with van der Waals surface area (Å²) in [6, 6.07) is 22.7. The molecule has 130 valence electrons. The fourth-order valence-corrected chi connectivity index (χ4v) is 3.61. The summed E-state index contributed by atoms with van der Waals surface area (Å²) in [5, 5.41) is 4.67. The molecule has 1 heterocycles. The van der Waals surface area contributed by atoms with Gasteiger partial charge in [0, 0.05) is 22.7 Å². The number of carbonyl (C=O) groups excluding carboxylic acids is 1. The van der Waals surface area contributed by atoms with E-state index in [1.807, 2.05) is 72.8 Å². The second-order valence-electron chi connectivity index (χ2n) is 6.14. The van der Waals surface area contributed by atoms with E-state index in [1.54, 1.807) is 4.90 Å². The Kier molecular flexibility index (Phi) is 4.58. The quantitative estimate of drug-likeness (QED) is 0.621. The number of amides is 1. The summed E-state index contributed by atoms with van der Waals surface area (Å²) in [4.78, 5) is 14.8. The normalized spacial score (nSPS) is 15.8. The van der Waals surface area contributed by atoms with Crippen molar-refractivity contribution >= 4 is 34.8 Å². The molecule has 1 N–H and O–H groups in total. The Morgan fingerprint density at radius 3 is 2.27 bits per heavy atom. The highest BCUT2D eigenvalue weighted by atomic mass is 35.5. The number of rotatable bonds is 4. The van der Waals surface area contributed by atoms with Crippen LogP contribution >= 0.6 is 23.2 Å². The lowest BCUT2D eigenvalue weighted by molar-refractivity contribution is 0.0729. The lowest BCUT2D eigenvalue weighted by Crippen LogP contribution is -2.32. The van der Waals surface area contributed by atoms with Gasteiger partial charge in [-0.3, -0.25) is 4.79 Å². The van der Waals surface area contributed by atoms with Crippen molar-refractivity contribution in [2.24, 2.45) is 0 Å². The van der Waals surface area contributed by atoms with Gasteiger partial charge in [0.05, 0.1) is 10.7 Å². The van der Waals surface area contributed by atoms with Crippen molar-refractivity contribution in [1.29, 1.82) is 0 Å². The van der Waals surface area contributed by atoms with Crippen LogP contribution in [-0.2, 0) is 6.54 Å². The van der Waals surface area contributed by atoms with Gasteiger partial charge >= 0.3 is 0 Å². The van der Waals surface area contributed by atoms with Crippen LogP contribution in [0.2, 0.25) is 10.0 Å². The first-order chi connectivity index (χ1) is 12.6. The van der Waals surface area contributed by atoms with E-state index in [0.717, 1.165) is 16.8 Å². The van der Waals surface area contributed by atoms with Crippen molar-refractivity contribution in [2.45, 2.75) is 12.7 Å². The predicted molar refractivity (Wildman–Crippen MR) is 106 cm³/mol. The van der Waals surface area contributed by atoms with Crippen molar-refractivity contribution in [3.63, 3.8) is 0 Å². The number of nitrogens with one attached hydrogen (secondary N) is 1. The molecule has 26 heavy (non-hydrogen) atoms. The minimum absolute atomic E-state index is 0.0231. The third-order valence-corrected chi connectivity index (χ3v) is 5.22. The van der Waals surface area contributed by atoms with Gasteiger partial charge in [-0.05, 0) is 29.8 Å². The zero-order chi connectivity index (χ0) is 18.1. The highest BCUT2D eigenvalue weighted by Gasteiger charge is 2.36. The number of hydrogen-bond acceptors (Lipinski definition) is 2. The van der Waals surface area contributed by atoms with Crippen LogP contribution in [0.3, 0.4) is 0 Å². The maximum absolute atomic E-state index is 13.0. The van der Waals surface area contributed by atoms with Gasteiger partial charge in [-0.1, -0.05) is 71.7 Å². The Morgan fingerprint density at radius 1 is 0.846 bits per heavy atom. The third-order valence-electron chi connectivity index (χ3n) is 4.52. The molecule has 4 rings (SSSR count). The molecular formula is C21H16Cl2N2O. The summed E-state index contributed by atoms with van der Waals surface area (Å²) >= 11 is 12.6. The van der Waals surface area contributed by atoms with Gasteiger partial charge in [-0.25, -0.2) is 0 Å². The molecule has 0 spiro atoms. The van der Waals surface area contributed by atoms with E-state index in [9.17, 15) is 4.79 Å². The van der Waals surface area contributed by atoms with E-state index in [0.29, 0.717) is 22.2 Å². The van der Waals surface area contributed by atoms with Gasteiger partial charge in [0.25, 0.3) is 5.91 Å². The first kappa shape index (κ1) is 17.0. The zero-order valence-corrected chi connectivity index (χ0v) is 15.3. The van der Waals surface area contributed by atoms with Gasteiger partial charge in [0.1, 0.15) is 6.17 Å². The summed E-state index contributed by atoms with van der Waals surface area (Å²) in [5.74, 6) is -0.0231. The molecule has 0 radical (unpaired) electrons. The molecule has 3 nitrogen and oxygen atoms in total. The monoisotopic (exact) mass is 382 g/mol. The van der Waals surface area contributed by atoms with Gasteiger partial charge in [0.15, 0.2) is 0 Å². The molecule has 0 saturated carbocycles. The minimum atomic E-state index is -0.310. The molecule has 0 bridgehead atoms. The minimum Gasteiger partial charge on any atom is -0.360 e. The van der Waals surface area contributed by atoms with Crippen LogP contribution in [0.4, 0.5) is 5.69 Å². The zero-order valence-electron chi connectivity index (χ0n) is 13.8. The molecule has 0 saturated heterocycles. The van der Waals surface area contributed by atoms with Crippen molar-refractivity contribution in [3.8, 4) is 0 Å². The Hall–Kier alpha value is -2.49. The molecule has 1 atom stereocenters. The van der Waals surface area contributed by atoms with Crippen LogP contribution in [-0.4, -0.2) is 10.8 Å². The number of hydrogen-bond donors (Lipinski definition) is 1. The molecule has 0 unspecified atom stereocenters. The van der Waals surface area contributed by atoms with Crippen LogP contribution in [0.25, 0.3) is 0 Å². The molecule has 1 amide bonds. The Labute approximate surface area is 162 Å². The summed E-state index contributed by atoms with van der Waals surface area (Å²) in [6.45, 7) is 0.412. The molecule has 1 aliphatic heterocycles. The van der Waals surface area contributed by atoms with Crippen molar-refractivity contribution in [3.05, 3.63) is 99.5 Å². The van der Waals surface area contributed by atoms with Gasteiger partial charge in [-0.2, -0.15) is 0 Å². The molecule has 3 aromatic carbocycles. The van der Waals surface area contributed by atoms with E-state index < -0.39 is 0 Å². The van der Waals surface area contributed by atoms with Crippen molar-refractivity contribution < 1.29 is 4.79 Å². The first-order valence-corrected chi connectivity index (χ1v) is 9.05. The van der Waals surface area contributed by atoms with Crippen LogP contribution in [0.5, 0.6) is 0 Å². The van der Waals surface area contributed by atoms with Crippen molar-refractivity contribution in [2.75, 3.05) is 5.32 Å². The predicted octanol–water partition coefficient (Wildman–Crippen LogP) is 5.76. The summed E-state index contributed by atoms with van der Waals surface area (Å²) in [7, 11) is 0. The van der Waals surface area contributed by atoms with E-state index in [-0.39, 0.29) is 12.1 Å². The van der Waals surface area contributed by atoms with Crippen LogP contribution in [0.1, 0.15) is 27.7 Å². The fourth-order valence-electron chi connectivity index (χ4n) is 3.22. The standard InChI is InChI=1S/C21H16Cl2N2O/c22-17-10-4-1-7-14(17)13-25-20(24-19-12-6-5-11-18(19)23)15-8-2-3-9-16(15)21(25)26/h1-12,20,24H,13H2/t20-/m1/s1. The summed E-state index contributed by atoms with van der Waals surface area (Å²) in [5.41, 5.74) is 3.32. The maximum atomic E-state index is 13.0. The van der Waals surface area contributed by atoms with Gasteiger partial charge in [-0.15, -0.1) is 0 Å². The van der Waals surface area contributed by atoms with Crippen LogP contribution in [0.15, 0.2) is 72.8 Å². The largest absolute Gasteiger partial charge is 0.360 e. The van der Waals surface area contributed by atoms with Gasteiger partial charge in [0.2, 0.25) is 0 Å². The number of halogens is 2. The molecule has 5 heteroatoms. The second-order valence-corrected chi connectivity index (χ2v) is 6.95. The molecule has 0 fully saturated rings. The average molecular weight is 383 g/mol. The Morgan fingerprint density at radius 2 is 1.50 bits per heavy atom. The van der Waals surface area contributed by atoms with Gasteiger partial charge < -0.3 is 10.2 Å². The molecule has 0 aromatic heterocycles. The van der Waals surface area contributed by atoms with Crippen LogP contribution in [0, 0.1) is 0 Å². The third kappa shape index (κ3) is 3.05. The van der Waals surface area contributed by atoms with E-state index in [4.69, 9.17) is 23.2 Å². The molecule has 0 aliphatic carbocycles. The van der Waals surface area contributed by atoms with Crippen molar-refractivity contribution in [1.82, 2.24) is 4.90 Å². The number of benzene rings is 3. The molecule has 1 aliphatic rings. The summed E-state index contributed by atoms with van der Waals surface area (Å²) in [6.07, 6.45) is -0.310. The Bertz CT molecular complexity index is 973. The molecular weight excluding hydrogens is 367 g/mol. The van der Waals surface area contributed by atoms with E-state index in [1.165, 1.54) is 0 Å². The maximum Gasteiger partial charge on any atom is 0.256 e. The van der Waals surface area contributed by atoms with E-state index in [2.05, 4.69) is 5.32 Å². The highest BCUT2D eigenvalue weighted by molar-refractivity contribution is 6.33. The Balaban J connectivity index is 1.73. The SMILES string of the molecule is O=C1c2ccccc2[C@H](Nc2ccccc2Cl)N1Cc1ccccc1Cl. The topological polar surface area (TPSA) is 32.3 Å². The lowest BCUT2D eigenvalue weighted by atomic mass is 10.1. The van der Waals surface area contributed by atoms with E-state index >= 15 is 0 Å². The lowest BCUT2D eigenvalue weighted by Gasteiger charge is -2.28. The second kappa shape index (κ2) is 7.02. The number of fused-ring (bicyclic) bond motifs is 1.